The first-order valence-electron chi connectivity index (χ1n) is 5.59. The van der Waals surface area contributed by atoms with E-state index >= 15 is 0 Å². The highest BCUT2D eigenvalue weighted by atomic mass is 16.2. The molecule has 1 heterocycles. The van der Waals surface area contributed by atoms with E-state index in [2.05, 4.69) is 12.2 Å². The summed E-state index contributed by atoms with van der Waals surface area (Å²) in [6, 6.07) is 0.327. The zero-order valence-corrected chi connectivity index (χ0v) is 9.75. The molecule has 1 saturated heterocycles. The zero-order valence-electron chi connectivity index (χ0n) is 9.75. The van der Waals surface area contributed by atoms with E-state index in [0.717, 1.165) is 19.4 Å². The molecular formula is C11H20N2O2. The molecule has 1 aliphatic heterocycles. The standard InChI is InChI=1S/C11H20N2O2/c1-8(2)11(15)12-7-10(14)13-6-4-5-9(13)3/h8-9H,4-7H2,1-3H3,(H,12,15). The summed E-state index contributed by atoms with van der Waals surface area (Å²) in [5.41, 5.74) is 0. The molecule has 0 aromatic heterocycles. The molecule has 1 fully saturated rings. The quantitative estimate of drug-likeness (QED) is 0.751. The van der Waals surface area contributed by atoms with Gasteiger partial charge in [-0.25, -0.2) is 0 Å². The minimum atomic E-state index is -0.0613. The molecule has 1 rings (SSSR count). The average molecular weight is 212 g/mol. The molecule has 1 unspecified atom stereocenters. The molecule has 15 heavy (non-hydrogen) atoms. The van der Waals surface area contributed by atoms with Crippen LogP contribution in [-0.2, 0) is 9.59 Å². The van der Waals surface area contributed by atoms with E-state index in [0.29, 0.717) is 6.04 Å². The van der Waals surface area contributed by atoms with Crippen LogP contribution in [0, 0.1) is 5.92 Å². The van der Waals surface area contributed by atoms with Gasteiger partial charge in [0.2, 0.25) is 11.8 Å². The maximum absolute atomic E-state index is 11.7. The van der Waals surface area contributed by atoms with Gasteiger partial charge in [0.25, 0.3) is 0 Å². The maximum atomic E-state index is 11.7. The van der Waals surface area contributed by atoms with Crippen LogP contribution in [0.2, 0.25) is 0 Å². The maximum Gasteiger partial charge on any atom is 0.242 e. The molecule has 1 atom stereocenters. The van der Waals surface area contributed by atoms with Gasteiger partial charge in [-0.05, 0) is 19.8 Å². The summed E-state index contributed by atoms with van der Waals surface area (Å²) >= 11 is 0. The van der Waals surface area contributed by atoms with Crippen molar-refractivity contribution in [3.63, 3.8) is 0 Å². The number of nitrogens with one attached hydrogen (secondary N) is 1. The summed E-state index contributed by atoms with van der Waals surface area (Å²) < 4.78 is 0. The van der Waals surface area contributed by atoms with Crippen molar-refractivity contribution >= 4 is 11.8 Å². The van der Waals surface area contributed by atoms with Gasteiger partial charge in [0.05, 0.1) is 6.54 Å². The second-order valence-corrected chi connectivity index (χ2v) is 4.45. The Morgan fingerprint density at radius 3 is 2.60 bits per heavy atom. The van der Waals surface area contributed by atoms with Crippen LogP contribution in [0.25, 0.3) is 0 Å². The highest BCUT2D eigenvalue weighted by Gasteiger charge is 2.24. The van der Waals surface area contributed by atoms with E-state index in [4.69, 9.17) is 0 Å². The second-order valence-electron chi connectivity index (χ2n) is 4.45. The lowest BCUT2D eigenvalue weighted by molar-refractivity contribution is -0.134. The van der Waals surface area contributed by atoms with Crippen molar-refractivity contribution in [2.24, 2.45) is 5.92 Å². The van der Waals surface area contributed by atoms with E-state index in [1.54, 1.807) is 0 Å². The fourth-order valence-corrected chi connectivity index (χ4v) is 1.77. The Morgan fingerprint density at radius 2 is 2.13 bits per heavy atom. The molecule has 0 spiro atoms. The van der Waals surface area contributed by atoms with Crippen molar-refractivity contribution in [3.05, 3.63) is 0 Å². The first kappa shape index (κ1) is 12.0. The number of likely N-dealkylation sites (tertiary alicyclic amines) is 1. The predicted molar refractivity (Wildman–Crippen MR) is 58.3 cm³/mol. The molecule has 0 aliphatic carbocycles. The number of carbonyl (C=O) groups excluding carboxylic acids is 2. The van der Waals surface area contributed by atoms with Gasteiger partial charge < -0.3 is 10.2 Å². The monoisotopic (exact) mass is 212 g/mol. The third-order valence-corrected chi connectivity index (χ3v) is 2.81. The Labute approximate surface area is 91.0 Å². The topological polar surface area (TPSA) is 49.4 Å². The lowest BCUT2D eigenvalue weighted by Crippen LogP contribution is -2.42. The lowest BCUT2D eigenvalue weighted by atomic mass is 10.2. The Balaban J connectivity index is 2.33. The summed E-state index contributed by atoms with van der Waals surface area (Å²) in [4.78, 5) is 24.8. The molecular weight excluding hydrogens is 192 g/mol. The summed E-state index contributed by atoms with van der Waals surface area (Å²) in [5.74, 6) is -0.0852. The highest BCUT2D eigenvalue weighted by molar-refractivity contribution is 5.85. The van der Waals surface area contributed by atoms with Crippen LogP contribution in [0.5, 0.6) is 0 Å². The smallest absolute Gasteiger partial charge is 0.242 e. The molecule has 0 aromatic carbocycles. The van der Waals surface area contributed by atoms with Gasteiger partial charge in [-0.15, -0.1) is 0 Å². The normalized spacial score (nSPS) is 20.8. The predicted octanol–water partition coefficient (Wildman–Crippen LogP) is 0.769. The third-order valence-electron chi connectivity index (χ3n) is 2.81. The summed E-state index contributed by atoms with van der Waals surface area (Å²) in [6.07, 6.45) is 2.15. The van der Waals surface area contributed by atoms with Crippen molar-refractivity contribution in [2.45, 2.75) is 39.7 Å². The SMILES string of the molecule is CC(C)C(=O)NCC(=O)N1CCCC1C. The van der Waals surface area contributed by atoms with E-state index in [-0.39, 0.29) is 24.3 Å². The molecule has 0 saturated carbocycles. The van der Waals surface area contributed by atoms with Crippen LogP contribution in [-0.4, -0.2) is 35.8 Å². The van der Waals surface area contributed by atoms with Gasteiger partial charge in [-0.3, -0.25) is 9.59 Å². The fourth-order valence-electron chi connectivity index (χ4n) is 1.77. The van der Waals surface area contributed by atoms with Gasteiger partial charge in [0.1, 0.15) is 0 Å². The Kier molecular flexibility index (Phi) is 4.12. The number of carbonyl (C=O) groups is 2. The van der Waals surface area contributed by atoms with Gasteiger partial charge in [-0.2, -0.15) is 0 Å². The Bertz CT molecular complexity index is 251. The molecule has 1 aliphatic rings. The van der Waals surface area contributed by atoms with Gasteiger partial charge in [0.15, 0.2) is 0 Å². The van der Waals surface area contributed by atoms with Crippen molar-refractivity contribution in [1.82, 2.24) is 10.2 Å². The van der Waals surface area contributed by atoms with Crippen molar-refractivity contribution in [3.8, 4) is 0 Å². The van der Waals surface area contributed by atoms with E-state index < -0.39 is 0 Å². The molecule has 2 amide bonds. The van der Waals surface area contributed by atoms with Gasteiger partial charge >= 0.3 is 0 Å². The van der Waals surface area contributed by atoms with Crippen LogP contribution < -0.4 is 5.32 Å². The van der Waals surface area contributed by atoms with Crippen molar-refractivity contribution in [2.75, 3.05) is 13.1 Å². The Hall–Kier alpha value is -1.06. The molecule has 4 heteroatoms. The van der Waals surface area contributed by atoms with Crippen LogP contribution in [0.1, 0.15) is 33.6 Å². The van der Waals surface area contributed by atoms with Crippen LogP contribution in [0.3, 0.4) is 0 Å². The second kappa shape index (κ2) is 5.14. The molecule has 86 valence electrons. The molecule has 4 nitrogen and oxygen atoms in total. The van der Waals surface area contributed by atoms with Gasteiger partial charge in [-0.1, -0.05) is 13.8 Å². The number of rotatable bonds is 3. The van der Waals surface area contributed by atoms with Crippen molar-refractivity contribution in [1.29, 1.82) is 0 Å². The van der Waals surface area contributed by atoms with Crippen LogP contribution in [0.15, 0.2) is 0 Å². The average Bonchev–Trinajstić information content (AvgIpc) is 2.60. The molecule has 1 N–H and O–H groups in total. The summed E-state index contributed by atoms with van der Waals surface area (Å²) in [7, 11) is 0. The fraction of sp³-hybridized carbons (Fsp3) is 0.818. The first-order valence-corrected chi connectivity index (χ1v) is 5.59. The highest BCUT2D eigenvalue weighted by Crippen LogP contribution is 2.15. The minimum absolute atomic E-state index is 0.0361. The third kappa shape index (κ3) is 3.22. The number of hydrogen-bond donors (Lipinski definition) is 1. The number of amides is 2. The number of nitrogens with zero attached hydrogens (tertiary/aromatic N) is 1. The van der Waals surface area contributed by atoms with Crippen LogP contribution >= 0.6 is 0 Å². The van der Waals surface area contributed by atoms with Crippen LogP contribution in [0.4, 0.5) is 0 Å². The first-order chi connectivity index (χ1) is 7.02. The summed E-state index contributed by atoms with van der Waals surface area (Å²) in [5, 5.41) is 2.65. The molecule has 0 radical (unpaired) electrons. The largest absolute Gasteiger partial charge is 0.347 e. The number of hydrogen-bond acceptors (Lipinski definition) is 2. The van der Waals surface area contributed by atoms with Crippen molar-refractivity contribution < 1.29 is 9.59 Å². The van der Waals surface area contributed by atoms with E-state index in [1.807, 2.05) is 18.7 Å². The Morgan fingerprint density at radius 1 is 1.47 bits per heavy atom. The minimum Gasteiger partial charge on any atom is -0.347 e. The van der Waals surface area contributed by atoms with E-state index in [9.17, 15) is 9.59 Å². The molecule has 0 bridgehead atoms. The van der Waals surface area contributed by atoms with E-state index in [1.165, 1.54) is 0 Å². The van der Waals surface area contributed by atoms with Gasteiger partial charge in [0, 0.05) is 18.5 Å². The zero-order chi connectivity index (χ0) is 11.4. The summed E-state index contributed by atoms with van der Waals surface area (Å²) in [6.45, 7) is 6.66. The molecule has 0 aromatic rings. The lowest BCUT2D eigenvalue weighted by Gasteiger charge is -2.21.